The topological polar surface area (TPSA) is 93.4 Å². The van der Waals surface area contributed by atoms with Crippen LogP contribution in [0.2, 0.25) is 0 Å². The fraction of sp³-hybridized carbons (Fsp3) is 0.353. The van der Waals surface area contributed by atoms with Crippen molar-refractivity contribution in [3.8, 4) is 0 Å². The number of nitrogens with zero attached hydrogens (tertiary/aromatic N) is 5. The number of hydrogen-bond donors (Lipinski definition) is 1. The molecular weight excluding hydrogens is 320 g/mol. The summed E-state index contributed by atoms with van der Waals surface area (Å²) in [6.07, 6.45) is 0. The summed E-state index contributed by atoms with van der Waals surface area (Å²) < 4.78 is 7.34. The van der Waals surface area contributed by atoms with Gasteiger partial charge in [-0.2, -0.15) is 10.1 Å². The number of fused-ring (bicyclic) bond motifs is 1. The fourth-order valence-electron chi connectivity index (χ4n) is 3.06. The van der Waals surface area contributed by atoms with E-state index in [0.717, 1.165) is 16.8 Å². The van der Waals surface area contributed by atoms with Gasteiger partial charge in [-0.3, -0.25) is 4.79 Å². The van der Waals surface area contributed by atoms with Gasteiger partial charge in [-0.1, -0.05) is 12.1 Å². The van der Waals surface area contributed by atoms with Crippen molar-refractivity contribution in [1.29, 1.82) is 0 Å². The van der Waals surface area contributed by atoms with Crippen LogP contribution in [0.15, 0.2) is 34.7 Å². The molecule has 130 valence electrons. The van der Waals surface area contributed by atoms with Crippen LogP contribution < -0.4 is 10.6 Å². The van der Waals surface area contributed by atoms with Crippen LogP contribution in [-0.4, -0.2) is 51.8 Å². The molecule has 1 saturated heterocycles. The van der Waals surface area contributed by atoms with E-state index < -0.39 is 0 Å². The number of amides is 1. The average molecular weight is 340 g/mol. The largest absolute Gasteiger partial charge is 0.423 e. The van der Waals surface area contributed by atoms with E-state index >= 15 is 0 Å². The van der Waals surface area contributed by atoms with E-state index in [4.69, 9.17) is 10.2 Å². The van der Waals surface area contributed by atoms with Crippen LogP contribution in [0.3, 0.4) is 0 Å². The van der Waals surface area contributed by atoms with E-state index in [0.29, 0.717) is 38.0 Å². The first-order chi connectivity index (χ1) is 12.1. The molecule has 0 spiro atoms. The summed E-state index contributed by atoms with van der Waals surface area (Å²) in [4.78, 5) is 20.9. The number of rotatable bonds is 3. The summed E-state index contributed by atoms with van der Waals surface area (Å²) in [7, 11) is 0. The van der Waals surface area contributed by atoms with Crippen LogP contribution in [0.25, 0.3) is 11.1 Å². The highest BCUT2D eigenvalue weighted by molar-refractivity contribution is 5.77. The van der Waals surface area contributed by atoms with Crippen molar-refractivity contribution < 1.29 is 9.21 Å². The van der Waals surface area contributed by atoms with Gasteiger partial charge < -0.3 is 20.0 Å². The Labute approximate surface area is 144 Å². The van der Waals surface area contributed by atoms with E-state index in [9.17, 15) is 4.79 Å². The van der Waals surface area contributed by atoms with E-state index in [2.05, 4.69) is 15.0 Å². The van der Waals surface area contributed by atoms with Gasteiger partial charge in [-0.15, -0.1) is 0 Å². The highest BCUT2D eigenvalue weighted by Gasteiger charge is 2.24. The van der Waals surface area contributed by atoms with Crippen LogP contribution in [0.4, 0.5) is 11.8 Å². The lowest BCUT2D eigenvalue weighted by atomic mass is 10.3. The van der Waals surface area contributed by atoms with Crippen molar-refractivity contribution in [2.24, 2.45) is 0 Å². The Morgan fingerprint density at radius 3 is 2.68 bits per heavy atom. The summed E-state index contributed by atoms with van der Waals surface area (Å²) in [5.41, 5.74) is 8.29. The number of anilines is 2. The van der Waals surface area contributed by atoms with Crippen LogP contribution in [0.1, 0.15) is 5.69 Å². The minimum Gasteiger partial charge on any atom is -0.423 e. The Kier molecular flexibility index (Phi) is 3.79. The second-order valence-corrected chi connectivity index (χ2v) is 6.20. The number of carbonyl (C=O) groups is 1. The molecule has 3 aromatic rings. The van der Waals surface area contributed by atoms with Crippen molar-refractivity contribution in [2.75, 3.05) is 36.8 Å². The van der Waals surface area contributed by atoms with Gasteiger partial charge in [-0.25, -0.2) is 4.68 Å². The van der Waals surface area contributed by atoms with Gasteiger partial charge in [0.1, 0.15) is 17.9 Å². The van der Waals surface area contributed by atoms with Gasteiger partial charge >= 0.3 is 0 Å². The average Bonchev–Trinajstić information content (AvgIpc) is 3.18. The molecule has 8 heteroatoms. The van der Waals surface area contributed by atoms with E-state index in [1.165, 1.54) is 0 Å². The number of aromatic nitrogens is 3. The number of piperazine rings is 1. The lowest BCUT2D eigenvalue weighted by Gasteiger charge is -2.33. The predicted octanol–water partition coefficient (Wildman–Crippen LogP) is 1.26. The third kappa shape index (κ3) is 3.02. The third-order valence-electron chi connectivity index (χ3n) is 4.40. The first-order valence-corrected chi connectivity index (χ1v) is 8.28. The van der Waals surface area contributed by atoms with Crippen LogP contribution >= 0.6 is 0 Å². The maximum atomic E-state index is 12.5. The number of nitrogen functional groups attached to an aromatic ring is 1. The standard InChI is InChI=1S/C17H20N6O2/c1-12-10-15(18)23(20-12)11-16(24)21-6-8-22(9-7-21)17-19-13-4-2-3-5-14(13)25-17/h2-5,10H,6-9,11,18H2,1H3. The Balaban J connectivity index is 1.39. The smallest absolute Gasteiger partial charge is 0.298 e. The minimum absolute atomic E-state index is 0.0204. The molecule has 4 rings (SSSR count). The van der Waals surface area contributed by atoms with Gasteiger partial charge in [-0.05, 0) is 19.1 Å². The predicted molar refractivity (Wildman–Crippen MR) is 94.2 cm³/mol. The number of oxazole rings is 1. The number of aryl methyl sites for hydroxylation is 1. The number of nitrogens with two attached hydrogens (primary N) is 1. The highest BCUT2D eigenvalue weighted by Crippen LogP contribution is 2.22. The number of hydrogen-bond acceptors (Lipinski definition) is 6. The Morgan fingerprint density at radius 1 is 1.24 bits per heavy atom. The molecule has 0 radical (unpaired) electrons. The summed E-state index contributed by atoms with van der Waals surface area (Å²) in [5.74, 6) is 0.531. The molecule has 0 saturated carbocycles. The van der Waals surface area contributed by atoms with Crippen molar-refractivity contribution in [3.63, 3.8) is 0 Å². The number of para-hydroxylation sites is 2. The van der Waals surface area contributed by atoms with Crippen molar-refractivity contribution in [2.45, 2.75) is 13.5 Å². The summed E-state index contributed by atoms with van der Waals surface area (Å²) in [6.45, 7) is 4.65. The molecule has 2 N–H and O–H groups in total. The second kappa shape index (κ2) is 6.12. The Morgan fingerprint density at radius 2 is 2.00 bits per heavy atom. The fourth-order valence-corrected chi connectivity index (χ4v) is 3.06. The van der Waals surface area contributed by atoms with Gasteiger partial charge in [0.15, 0.2) is 5.58 Å². The monoisotopic (exact) mass is 340 g/mol. The van der Waals surface area contributed by atoms with Gasteiger partial charge in [0.05, 0.1) is 5.69 Å². The van der Waals surface area contributed by atoms with Crippen molar-refractivity contribution in [3.05, 3.63) is 36.0 Å². The molecular formula is C17H20N6O2. The molecule has 2 aromatic heterocycles. The molecule has 1 aliphatic heterocycles. The second-order valence-electron chi connectivity index (χ2n) is 6.20. The molecule has 1 amide bonds. The zero-order valence-corrected chi connectivity index (χ0v) is 14.1. The Bertz CT molecular complexity index is 874. The highest BCUT2D eigenvalue weighted by atomic mass is 16.4. The normalized spacial score (nSPS) is 15.1. The lowest BCUT2D eigenvalue weighted by molar-refractivity contribution is -0.132. The van der Waals surface area contributed by atoms with E-state index in [1.807, 2.05) is 36.1 Å². The molecule has 1 aliphatic rings. The molecule has 25 heavy (non-hydrogen) atoms. The third-order valence-corrected chi connectivity index (χ3v) is 4.40. The first-order valence-electron chi connectivity index (χ1n) is 8.28. The quantitative estimate of drug-likeness (QED) is 0.771. The number of benzene rings is 1. The SMILES string of the molecule is Cc1cc(N)n(CC(=O)N2CCN(c3nc4ccccc4o3)CC2)n1. The van der Waals surface area contributed by atoms with Gasteiger partial charge in [0.25, 0.3) is 6.01 Å². The molecule has 1 aromatic carbocycles. The van der Waals surface area contributed by atoms with E-state index in [1.54, 1.807) is 10.7 Å². The van der Waals surface area contributed by atoms with Crippen molar-refractivity contribution in [1.82, 2.24) is 19.7 Å². The zero-order chi connectivity index (χ0) is 17.4. The Hall–Kier alpha value is -3.03. The summed E-state index contributed by atoms with van der Waals surface area (Å²) >= 11 is 0. The molecule has 0 aliphatic carbocycles. The molecule has 1 fully saturated rings. The maximum Gasteiger partial charge on any atom is 0.298 e. The lowest BCUT2D eigenvalue weighted by Crippen LogP contribution is -2.49. The van der Waals surface area contributed by atoms with Crippen molar-refractivity contribution >= 4 is 28.8 Å². The first kappa shape index (κ1) is 15.5. The molecule has 0 bridgehead atoms. The zero-order valence-electron chi connectivity index (χ0n) is 14.1. The number of carbonyl (C=O) groups excluding carboxylic acids is 1. The summed E-state index contributed by atoms with van der Waals surface area (Å²) in [6, 6.07) is 10.1. The molecule has 0 atom stereocenters. The minimum atomic E-state index is 0.0204. The maximum absolute atomic E-state index is 12.5. The summed E-state index contributed by atoms with van der Waals surface area (Å²) in [5, 5.41) is 4.24. The molecule has 0 unspecified atom stereocenters. The van der Waals surface area contributed by atoms with E-state index in [-0.39, 0.29) is 12.5 Å². The molecule has 3 heterocycles. The van der Waals surface area contributed by atoms with Gasteiger partial charge in [0.2, 0.25) is 5.91 Å². The van der Waals surface area contributed by atoms with Gasteiger partial charge in [0, 0.05) is 32.2 Å². The van der Waals surface area contributed by atoms with Crippen LogP contribution in [-0.2, 0) is 11.3 Å². The van der Waals surface area contributed by atoms with Crippen LogP contribution in [0, 0.1) is 6.92 Å². The van der Waals surface area contributed by atoms with Crippen LogP contribution in [0.5, 0.6) is 0 Å². The molecule has 8 nitrogen and oxygen atoms in total.